The molecule has 0 bridgehead atoms. The Morgan fingerprint density at radius 1 is 1.57 bits per heavy atom. The Kier molecular flexibility index (Phi) is 3.66. The predicted molar refractivity (Wildman–Crippen MR) is 57.5 cm³/mol. The molecular formula is C10H20N4. The van der Waals surface area contributed by atoms with Gasteiger partial charge in [0.25, 0.3) is 0 Å². The van der Waals surface area contributed by atoms with Crippen LogP contribution in [0.2, 0.25) is 0 Å². The van der Waals surface area contributed by atoms with Gasteiger partial charge in [-0.2, -0.15) is 5.10 Å². The van der Waals surface area contributed by atoms with Crippen LogP contribution in [0.4, 0.5) is 0 Å². The van der Waals surface area contributed by atoms with E-state index in [4.69, 9.17) is 5.84 Å². The number of nitrogens with two attached hydrogens (primary N) is 1. The predicted octanol–water partition coefficient (Wildman–Crippen LogP) is 1.28. The van der Waals surface area contributed by atoms with Crippen molar-refractivity contribution in [2.24, 2.45) is 18.8 Å². The highest BCUT2D eigenvalue weighted by Gasteiger charge is 2.16. The quantitative estimate of drug-likeness (QED) is 0.563. The summed E-state index contributed by atoms with van der Waals surface area (Å²) in [6.45, 7) is 6.44. The van der Waals surface area contributed by atoms with Gasteiger partial charge in [0, 0.05) is 24.3 Å². The number of hydrogen-bond donors (Lipinski definition) is 2. The van der Waals surface area contributed by atoms with E-state index in [1.54, 1.807) is 0 Å². The minimum absolute atomic E-state index is 0.212. The van der Waals surface area contributed by atoms with E-state index in [0.717, 1.165) is 6.42 Å². The molecule has 0 saturated carbocycles. The maximum Gasteiger partial charge on any atom is 0.0540 e. The van der Waals surface area contributed by atoms with Crippen LogP contribution in [-0.4, -0.2) is 9.78 Å². The molecule has 0 saturated heterocycles. The number of nitrogens with zero attached hydrogens (tertiary/aromatic N) is 2. The summed E-state index contributed by atoms with van der Waals surface area (Å²) < 4.78 is 1.88. The van der Waals surface area contributed by atoms with Crippen LogP contribution in [0.25, 0.3) is 0 Å². The maximum atomic E-state index is 5.54. The van der Waals surface area contributed by atoms with Gasteiger partial charge in [0.1, 0.15) is 0 Å². The molecule has 3 N–H and O–H groups in total. The number of aromatic nitrogens is 2. The van der Waals surface area contributed by atoms with E-state index >= 15 is 0 Å². The van der Waals surface area contributed by atoms with Gasteiger partial charge < -0.3 is 0 Å². The Bertz CT molecular complexity index is 290. The van der Waals surface area contributed by atoms with Gasteiger partial charge in [-0.15, -0.1) is 0 Å². The van der Waals surface area contributed by atoms with Gasteiger partial charge in [0.15, 0.2) is 0 Å². The minimum atomic E-state index is 0.212. The normalized spacial score (nSPS) is 13.6. The molecule has 0 aliphatic rings. The molecule has 4 heteroatoms. The van der Waals surface area contributed by atoms with Gasteiger partial charge in [-0.3, -0.25) is 16.0 Å². The highest BCUT2D eigenvalue weighted by atomic mass is 15.3. The molecule has 1 aromatic rings. The molecule has 1 aromatic heterocycles. The zero-order valence-electron chi connectivity index (χ0n) is 9.41. The number of hydrogen-bond acceptors (Lipinski definition) is 3. The van der Waals surface area contributed by atoms with Gasteiger partial charge in [-0.05, 0) is 19.3 Å². The number of hydrazine groups is 1. The van der Waals surface area contributed by atoms with E-state index in [-0.39, 0.29) is 6.04 Å². The van der Waals surface area contributed by atoms with E-state index in [1.807, 2.05) is 17.9 Å². The summed E-state index contributed by atoms with van der Waals surface area (Å²) in [7, 11) is 1.95. The Labute approximate surface area is 85.5 Å². The molecule has 1 heterocycles. The lowest BCUT2D eigenvalue weighted by Gasteiger charge is -2.17. The summed E-state index contributed by atoms with van der Waals surface area (Å²) in [4.78, 5) is 0. The Balaban J connectivity index is 2.84. The van der Waals surface area contributed by atoms with Crippen molar-refractivity contribution in [3.63, 3.8) is 0 Å². The lowest BCUT2D eigenvalue weighted by molar-refractivity contribution is 0.436. The van der Waals surface area contributed by atoms with Crippen molar-refractivity contribution in [2.45, 2.75) is 33.2 Å². The summed E-state index contributed by atoms with van der Waals surface area (Å²) in [5.41, 5.74) is 5.22. The van der Waals surface area contributed by atoms with Crippen molar-refractivity contribution in [2.75, 3.05) is 0 Å². The van der Waals surface area contributed by atoms with Crippen molar-refractivity contribution >= 4 is 0 Å². The van der Waals surface area contributed by atoms with Crippen molar-refractivity contribution in [1.29, 1.82) is 0 Å². The summed E-state index contributed by atoms with van der Waals surface area (Å²) in [6, 6.07) is 0.212. The SMILES string of the molecule is Cc1c(C(CC(C)C)NN)cnn1C. The topological polar surface area (TPSA) is 55.9 Å². The van der Waals surface area contributed by atoms with Crippen LogP contribution in [-0.2, 0) is 7.05 Å². The number of rotatable bonds is 4. The number of nitrogens with one attached hydrogen (secondary N) is 1. The smallest absolute Gasteiger partial charge is 0.0540 e. The highest BCUT2D eigenvalue weighted by molar-refractivity contribution is 5.20. The Morgan fingerprint density at radius 2 is 2.21 bits per heavy atom. The van der Waals surface area contributed by atoms with E-state index in [2.05, 4.69) is 31.3 Å². The zero-order valence-corrected chi connectivity index (χ0v) is 9.41. The molecule has 80 valence electrons. The molecule has 1 rings (SSSR count). The fourth-order valence-electron chi connectivity index (χ4n) is 1.61. The standard InChI is InChI=1S/C10H20N4/c1-7(2)5-10(13-11)9-6-12-14(4)8(9)3/h6-7,10,13H,5,11H2,1-4H3. The van der Waals surface area contributed by atoms with Crippen LogP contribution in [0.5, 0.6) is 0 Å². The summed E-state index contributed by atoms with van der Waals surface area (Å²) in [5.74, 6) is 6.17. The van der Waals surface area contributed by atoms with Gasteiger partial charge in [0.05, 0.1) is 6.20 Å². The van der Waals surface area contributed by atoms with Crippen molar-refractivity contribution in [3.05, 3.63) is 17.5 Å². The van der Waals surface area contributed by atoms with Crippen LogP contribution < -0.4 is 11.3 Å². The first-order chi connectivity index (χ1) is 6.56. The van der Waals surface area contributed by atoms with Gasteiger partial charge in [-0.25, -0.2) is 0 Å². The number of aryl methyl sites for hydroxylation is 1. The second-order valence-electron chi connectivity index (χ2n) is 4.16. The molecule has 4 nitrogen and oxygen atoms in total. The molecule has 0 fully saturated rings. The van der Waals surface area contributed by atoms with Gasteiger partial charge in [-0.1, -0.05) is 13.8 Å². The third kappa shape index (κ3) is 2.33. The first-order valence-electron chi connectivity index (χ1n) is 5.00. The molecule has 14 heavy (non-hydrogen) atoms. The van der Waals surface area contributed by atoms with Crippen molar-refractivity contribution in [1.82, 2.24) is 15.2 Å². The molecule has 0 spiro atoms. The highest BCUT2D eigenvalue weighted by Crippen LogP contribution is 2.22. The lowest BCUT2D eigenvalue weighted by atomic mass is 9.98. The summed E-state index contributed by atoms with van der Waals surface area (Å²) in [6.07, 6.45) is 2.92. The third-order valence-corrected chi connectivity index (χ3v) is 2.56. The average molecular weight is 196 g/mol. The second kappa shape index (κ2) is 4.57. The molecular weight excluding hydrogens is 176 g/mol. The molecule has 0 aliphatic heterocycles. The first-order valence-corrected chi connectivity index (χ1v) is 5.00. The van der Waals surface area contributed by atoms with Crippen molar-refractivity contribution < 1.29 is 0 Å². The van der Waals surface area contributed by atoms with Crippen LogP contribution in [0.15, 0.2) is 6.20 Å². The van der Waals surface area contributed by atoms with E-state index in [0.29, 0.717) is 5.92 Å². The molecule has 0 amide bonds. The Hall–Kier alpha value is -0.870. The van der Waals surface area contributed by atoms with Crippen LogP contribution in [0, 0.1) is 12.8 Å². The lowest BCUT2D eigenvalue weighted by Crippen LogP contribution is -2.29. The summed E-state index contributed by atoms with van der Waals surface area (Å²) >= 11 is 0. The average Bonchev–Trinajstić information content (AvgIpc) is 2.44. The molecule has 0 aromatic carbocycles. The molecule has 1 atom stereocenters. The van der Waals surface area contributed by atoms with E-state index < -0.39 is 0 Å². The van der Waals surface area contributed by atoms with Crippen LogP contribution >= 0.6 is 0 Å². The molecule has 1 unspecified atom stereocenters. The molecule has 0 aliphatic carbocycles. The van der Waals surface area contributed by atoms with Crippen LogP contribution in [0.1, 0.15) is 37.6 Å². The largest absolute Gasteiger partial charge is 0.273 e. The van der Waals surface area contributed by atoms with E-state index in [1.165, 1.54) is 11.3 Å². The van der Waals surface area contributed by atoms with Crippen molar-refractivity contribution in [3.8, 4) is 0 Å². The maximum absolute atomic E-state index is 5.54. The molecule has 0 radical (unpaired) electrons. The third-order valence-electron chi connectivity index (χ3n) is 2.56. The van der Waals surface area contributed by atoms with E-state index in [9.17, 15) is 0 Å². The summed E-state index contributed by atoms with van der Waals surface area (Å²) in [5, 5.41) is 4.21. The monoisotopic (exact) mass is 196 g/mol. The Morgan fingerprint density at radius 3 is 2.57 bits per heavy atom. The second-order valence-corrected chi connectivity index (χ2v) is 4.16. The fraction of sp³-hybridized carbons (Fsp3) is 0.700. The zero-order chi connectivity index (χ0) is 10.7. The fourth-order valence-corrected chi connectivity index (χ4v) is 1.61. The van der Waals surface area contributed by atoms with Gasteiger partial charge in [0.2, 0.25) is 0 Å². The minimum Gasteiger partial charge on any atom is -0.273 e. The van der Waals surface area contributed by atoms with Gasteiger partial charge >= 0.3 is 0 Å². The van der Waals surface area contributed by atoms with Crippen LogP contribution in [0.3, 0.4) is 0 Å². The first kappa shape index (κ1) is 11.2.